The molecule has 1 fully saturated rings. The maximum Gasteiger partial charge on any atom is 0.101 e. The van der Waals surface area contributed by atoms with Gasteiger partial charge in [-0.2, -0.15) is 5.26 Å². The Labute approximate surface area is 113 Å². The lowest BCUT2D eigenvalue weighted by Crippen LogP contribution is -2.40. The van der Waals surface area contributed by atoms with Gasteiger partial charge in [0.2, 0.25) is 0 Å². The van der Waals surface area contributed by atoms with Crippen LogP contribution in [-0.2, 0) is 0 Å². The van der Waals surface area contributed by atoms with Crippen molar-refractivity contribution < 1.29 is 0 Å². The summed E-state index contributed by atoms with van der Waals surface area (Å²) in [5.74, 6) is 0.484. The predicted octanol–water partition coefficient (Wildman–Crippen LogP) is 2.19. The van der Waals surface area contributed by atoms with Gasteiger partial charge in [-0.15, -0.1) is 0 Å². The second-order valence-electron chi connectivity index (χ2n) is 4.32. The van der Waals surface area contributed by atoms with Crippen LogP contribution >= 0.6 is 15.9 Å². The molecule has 0 unspecified atom stereocenters. The molecule has 0 aliphatic carbocycles. The largest absolute Gasteiger partial charge is 0.315 e. The third kappa shape index (κ3) is 1.84. The summed E-state index contributed by atoms with van der Waals surface area (Å²) in [6.45, 7) is 1.95. The topological polar surface area (TPSA) is 53.6 Å². The van der Waals surface area contributed by atoms with E-state index in [9.17, 15) is 5.26 Å². The Bertz CT molecular complexity index is 622. The van der Waals surface area contributed by atoms with E-state index >= 15 is 0 Å². The predicted molar refractivity (Wildman–Crippen MR) is 71.6 cm³/mol. The molecule has 1 saturated heterocycles. The first-order valence-corrected chi connectivity index (χ1v) is 6.52. The Hall–Kier alpha value is -1.64. The molecule has 1 aliphatic heterocycles. The van der Waals surface area contributed by atoms with Crippen LogP contribution in [0.25, 0.3) is 5.69 Å². The molecular weight excluding hydrogens is 292 g/mol. The van der Waals surface area contributed by atoms with Crippen LogP contribution in [-0.4, -0.2) is 22.6 Å². The summed E-state index contributed by atoms with van der Waals surface area (Å²) in [4.78, 5) is 4.22. The normalized spacial score (nSPS) is 15.1. The molecule has 0 atom stereocenters. The summed E-state index contributed by atoms with van der Waals surface area (Å²) in [6, 6.07) is 7.88. The molecule has 1 aromatic heterocycles. The van der Waals surface area contributed by atoms with Gasteiger partial charge >= 0.3 is 0 Å². The average Bonchev–Trinajstić information content (AvgIpc) is 2.75. The fourth-order valence-electron chi connectivity index (χ4n) is 2.11. The minimum atomic E-state index is 0.484. The summed E-state index contributed by atoms with van der Waals surface area (Å²) in [5, 5.41) is 12.5. The van der Waals surface area contributed by atoms with Gasteiger partial charge in [0.25, 0.3) is 0 Å². The summed E-state index contributed by atoms with van der Waals surface area (Å²) >= 11 is 3.45. The highest BCUT2D eigenvalue weighted by atomic mass is 79.9. The monoisotopic (exact) mass is 302 g/mol. The van der Waals surface area contributed by atoms with E-state index in [-0.39, 0.29) is 0 Å². The van der Waals surface area contributed by atoms with Gasteiger partial charge < -0.3 is 9.88 Å². The lowest BCUT2D eigenvalue weighted by molar-refractivity contribution is 0.435. The number of halogens is 1. The van der Waals surface area contributed by atoms with Crippen LogP contribution in [0.15, 0.2) is 35.2 Å². The zero-order chi connectivity index (χ0) is 12.5. The van der Waals surface area contributed by atoms with Gasteiger partial charge in [0.1, 0.15) is 6.07 Å². The Morgan fingerprint density at radius 3 is 2.94 bits per heavy atom. The number of nitrogens with zero attached hydrogens (tertiary/aromatic N) is 3. The van der Waals surface area contributed by atoms with E-state index in [0.29, 0.717) is 11.5 Å². The zero-order valence-corrected chi connectivity index (χ0v) is 11.2. The Morgan fingerprint density at radius 2 is 2.28 bits per heavy atom. The average molecular weight is 303 g/mol. The fourth-order valence-corrected chi connectivity index (χ4v) is 2.45. The highest BCUT2D eigenvalue weighted by Crippen LogP contribution is 2.26. The molecule has 90 valence electrons. The van der Waals surface area contributed by atoms with Crippen LogP contribution in [0.2, 0.25) is 0 Å². The minimum Gasteiger partial charge on any atom is -0.315 e. The number of hydrogen-bond acceptors (Lipinski definition) is 3. The molecule has 5 heteroatoms. The van der Waals surface area contributed by atoms with Crippen LogP contribution in [0.4, 0.5) is 0 Å². The molecule has 2 aromatic rings. The lowest BCUT2D eigenvalue weighted by Gasteiger charge is -2.28. The van der Waals surface area contributed by atoms with E-state index in [1.165, 1.54) is 0 Å². The van der Waals surface area contributed by atoms with E-state index in [0.717, 1.165) is 28.9 Å². The van der Waals surface area contributed by atoms with Crippen molar-refractivity contribution in [2.24, 2.45) is 0 Å². The molecule has 4 nitrogen and oxygen atoms in total. The van der Waals surface area contributed by atoms with Crippen LogP contribution in [0, 0.1) is 11.3 Å². The molecule has 0 saturated carbocycles. The van der Waals surface area contributed by atoms with Crippen LogP contribution in [0.1, 0.15) is 17.2 Å². The van der Waals surface area contributed by atoms with Crippen LogP contribution in [0.3, 0.4) is 0 Å². The molecule has 0 spiro atoms. The third-order valence-electron chi connectivity index (χ3n) is 3.21. The van der Waals surface area contributed by atoms with Crippen LogP contribution in [0.5, 0.6) is 0 Å². The van der Waals surface area contributed by atoms with E-state index in [1.54, 1.807) is 6.33 Å². The van der Waals surface area contributed by atoms with Gasteiger partial charge in [0, 0.05) is 35.4 Å². The minimum absolute atomic E-state index is 0.484. The summed E-state index contributed by atoms with van der Waals surface area (Å²) in [5.41, 5.74) is 2.69. The summed E-state index contributed by atoms with van der Waals surface area (Å²) in [6.07, 6.45) is 3.66. The van der Waals surface area contributed by atoms with Gasteiger partial charge in [-0.1, -0.05) is 15.9 Å². The first-order chi connectivity index (χ1) is 8.79. The quantitative estimate of drug-likeness (QED) is 0.925. The smallest absolute Gasteiger partial charge is 0.101 e. The standard InChI is InChI=1S/C13H11BrN4/c14-11-2-1-9(4-15)12(3-11)18-8-17-7-13(18)10-5-16-6-10/h1-3,7-8,10,16H,5-6H2. The Kier molecular flexibility index (Phi) is 2.90. The highest BCUT2D eigenvalue weighted by molar-refractivity contribution is 9.10. The van der Waals surface area contributed by atoms with E-state index in [2.05, 4.69) is 32.3 Å². The van der Waals surface area contributed by atoms with E-state index in [1.807, 2.05) is 29.0 Å². The molecular formula is C13H11BrN4. The van der Waals surface area contributed by atoms with Gasteiger partial charge in [-0.3, -0.25) is 0 Å². The molecule has 1 aromatic carbocycles. The van der Waals surface area contributed by atoms with Crippen molar-refractivity contribution in [3.63, 3.8) is 0 Å². The number of nitrogens with one attached hydrogen (secondary N) is 1. The highest BCUT2D eigenvalue weighted by Gasteiger charge is 2.23. The van der Waals surface area contributed by atoms with Crippen molar-refractivity contribution in [3.05, 3.63) is 46.5 Å². The van der Waals surface area contributed by atoms with E-state index in [4.69, 9.17) is 0 Å². The fraction of sp³-hybridized carbons (Fsp3) is 0.231. The molecule has 1 N–H and O–H groups in total. The number of benzene rings is 1. The Morgan fingerprint density at radius 1 is 1.44 bits per heavy atom. The summed E-state index contributed by atoms with van der Waals surface area (Å²) < 4.78 is 2.97. The van der Waals surface area contributed by atoms with Gasteiger partial charge in [0.15, 0.2) is 0 Å². The van der Waals surface area contributed by atoms with E-state index < -0.39 is 0 Å². The lowest BCUT2D eigenvalue weighted by atomic mass is 9.99. The van der Waals surface area contributed by atoms with Crippen molar-refractivity contribution in [2.45, 2.75) is 5.92 Å². The van der Waals surface area contributed by atoms with Crippen molar-refractivity contribution >= 4 is 15.9 Å². The van der Waals surface area contributed by atoms with Crippen molar-refractivity contribution in [1.82, 2.24) is 14.9 Å². The van der Waals surface area contributed by atoms with Gasteiger partial charge in [0.05, 0.1) is 17.6 Å². The SMILES string of the molecule is N#Cc1ccc(Br)cc1-n1cncc1C1CNC1. The molecule has 0 amide bonds. The Balaban J connectivity index is 2.12. The molecule has 18 heavy (non-hydrogen) atoms. The van der Waals surface area contributed by atoms with Crippen molar-refractivity contribution in [3.8, 4) is 11.8 Å². The molecule has 0 bridgehead atoms. The first kappa shape index (κ1) is 11.5. The number of aromatic nitrogens is 2. The maximum absolute atomic E-state index is 9.20. The number of nitriles is 1. The maximum atomic E-state index is 9.20. The second kappa shape index (κ2) is 4.56. The number of hydrogen-bond donors (Lipinski definition) is 1. The van der Waals surface area contributed by atoms with Gasteiger partial charge in [-0.05, 0) is 18.2 Å². The first-order valence-electron chi connectivity index (χ1n) is 5.72. The summed E-state index contributed by atoms with van der Waals surface area (Å²) in [7, 11) is 0. The number of rotatable bonds is 2. The second-order valence-corrected chi connectivity index (χ2v) is 5.23. The van der Waals surface area contributed by atoms with Gasteiger partial charge in [-0.25, -0.2) is 4.98 Å². The number of imidazole rings is 1. The molecule has 3 rings (SSSR count). The van der Waals surface area contributed by atoms with Crippen molar-refractivity contribution in [2.75, 3.05) is 13.1 Å². The van der Waals surface area contributed by atoms with Crippen LogP contribution < -0.4 is 5.32 Å². The molecule has 2 heterocycles. The van der Waals surface area contributed by atoms with Crippen molar-refractivity contribution in [1.29, 1.82) is 5.26 Å². The molecule has 0 radical (unpaired) electrons. The zero-order valence-electron chi connectivity index (χ0n) is 9.60. The molecule has 1 aliphatic rings. The third-order valence-corrected chi connectivity index (χ3v) is 3.70.